The Kier molecular flexibility index (Phi) is 7.40. The smallest absolute Gasteiger partial charge is 0.284 e. The van der Waals surface area contributed by atoms with Crippen LogP contribution >= 0.6 is 11.8 Å². The highest BCUT2D eigenvalue weighted by Crippen LogP contribution is 2.50. The molecule has 1 aromatic heterocycles. The zero-order chi connectivity index (χ0) is 26.6. The van der Waals surface area contributed by atoms with E-state index in [1.54, 1.807) is 6.07 Å². The van der Waals surface area contributed by atoms with Gasteiger partial charge in [-0.15, -0.1) is 0 Å². The zero-order valence-corrected chi connectivity index (χ0v) is 22.2. The van der Waals surface area contributed by atoms with Gasteiger partial charge in [-0.25, -0.2) is 0 Å². The van der Waals surface area contributed by atoms with Crippen molar-refractivity contribution in [3.63, 3.8) is 0 Å². The molecule has 0 N–H and O–H groups in total. The van der Waals surface area contributed by atoms with E-state index in [0.29, 0.717) is 24.7 Å². The van der Waals surface area contributed by atoms with Crippen molar-refractivity contribution in [1.82, 2.24) is 14.7 Å². The fraction of sp³-hybridized carbons (Fsp3) is 0.194. The summed E-state index contributed by atoms with van der Waals surface area (Å²) in [6.45, 7) is 4.21. The molecule has 39 heavy (non-hydrogen) atoms. The number of nitrogens with zero attached hydrogens (tertiary/aromatic N) is 4. The molecule has 0 unspecified atom stereocenters. The Hall–Kier alpha value is -3.98. The van der Waals surface area contributed by atoms with E-state index in [0.717, 1.165) is 52.3 Å². The highest BCUT2D eigenvalue weighted by Gasteiger charge is 2.29. The number of benzene rings is 4. The average Bonchev–Trinajstić information content (AvgIpc) is 3.35. The number of fused-ring (bicyclic) bond motifs is 2. The molecule has 0 saturated carbocycles. The minimum atomic E-state index is -0.298. The summed E-state index contributed by atoms with van der Waals surface area (Å²) in [4.78, 5) is 15.6. The number of rotatable bonds is 11. The van der Waals surface area contributed by atoms with E-state index >= 15 is 0 Å². The van der Waals surface area contributed by atoms with Gasteiger partial charge >= 0.3 is 0 Å². The predicted molar refractivity (Wildman–Crippen MR) is 154 cm³/mol. The van der Waals surface area contributed by atoms with Gasteiger partial charge in [0, 0.05) is 41.5 Å². The molecule has 0 radical (unpaired) electrons. The molecule has 0 amide bonds. The molecule has 0 saturated heterocycles. The Bertz CT molecular complexity index is 1610. The lowest BCUT2D eigenvalue weighted by molar-refractivity contribution is -0.387. The first-order valence-corrected chi connectivity index (χ1v) is 13.8. The van der Waals surface area contributed by atoms with Gasteiger partial charge < -0.3 is 4.74 Å². The maximum Gasteiger partial charge on any atom is 0.284 e. The number of nitro groups is 1. The van der Waals surface area contributed by atoms with E-state index in [-0.39, 0.29) is 10.6 Å². The minimum absolute atomic E-state index is 0.129. The molecule has 5 aromatic rings. The summed E-state index contributed by atoms with van der Waals surface area (Å²) in [5.74, 6) is 0. The third-order valence-electron chi connectivity index (χ3n) is 6.94. The molecule has 8 heteroatoms. The SMILES string of the molecule is O=[N+]([O-])c1ccc2c3c(nn2CCN(CCOCc2ccccc2)Cc2ccccc2)-c2ccccc2Sc13. The van der Waals surface area contributed by atoms with Crippen LogP contribution in [0.15, 0.2) is 107 Å². The molecule has 0 fully saturated rings. The third kappa shape index (κ3) is 5.45. The number of ether oxygens (including phenoxy) is 1. The van der Waals surface area contributed by atoms with Crippen molar-refractivity contribution in [3.05, 3.63) is 118 Å². The van der Waals surface area contributed by atoms with Gasteiger partial charge in [0.05, 0.1) is 30.2 Å². The fourth-order valence-corrected chi connectivity index (χ4v) is 6.19. The van der Waals surface area contributed by atoms with Crippen molar-refractivity contribution >= 4 is 28.4 Å². The molecule has 7 nitrogen and oxygen atoms in total. The first kappa shape index (κ1) is 25.3. The van der Waals surface area contributed by atoms with Crippen LogP contribution in [0, 0.1) is 10.1 Å². The summed E-state index contributed by atoms with van der Waals surface area (Å²) in [7, 11) is 0. The van der Waals surface area contributed by atoms with Crippen LogP contribution < -0.4 is 0 Å². The molecule has 6 rings (SSSR count). The summed E-state index contributed by atoms with van der Waals surface area (Å²) in [6, 6.07) is 32.1. The van der Waals surface area contributed by atoms with Gasteiger partial charge in [-0.3, -0.25) is 19.7 Å². The molecular weight excluding hydrogens is 508 g/mol. The highest BCUT2D eigenvalue weighted by molar-refractivity contribution is 8.00. The predicted octanol–water partition coefficient (Wildman–Crippen LogP) is 6.80. The topological polar surface area (TPSA) is 73.4 Å². The van der Waals surface area contributed by atoms with Crippen LogP contribution in [-0.4, -0.2) is 39.3 Å². The molecule has 1 aliphatic heterocycles. The second-order valence-electron chi connectivity index (χ2n) is 9.53. The van der Waals surface area contributed by atoms with Crippen molar-refractivity contribution in [3.8, 4) is 11.3 Å². The van der Waals surface area contributed by atoms with Gasteiger partial charge in [0.1, 0.15) is 10.6 Å². The second-order valence-corrected chi connectivity index (χ2v) is 10.6. The second kappa shape index (κ2) is 11.4. The van der Waals surface area contributed by atoms with Crippen LogP contribution in [0.25, 0.3) is 22.2 Å². The molecule has 0 aliphatic carbocycles. The van der Waals surface area contributed by atoms with E-state index in [4.69, 9.17) is 9.84 Å². The lowest BCUT2D eigenvalue weighted by Crippen LogP contribution is -2.30. The van der Waals surface area contributed by atoms with Crippen LogP contribution in [0.3, 0.4) is 0 Å². The number of hydrogen-bond acceptors (Lipinski definition) is 6. The average molecular weight is 537 g/mol. The number of nitro benzene ring substituents is 1. The van der Waals surface area contributed by atoms with Gasteiger partial charge in [-0.05, 0) is 23.3 Å². The highest BCUT2D eigenvalue weighted by atomic mass is 32.2. The van der Waals surface area contributed by atoms with Gasteiger partial charge in [-0.2, -0.15) is 5.10 Å². The van der Waals surface area contributed by atoms with Gasteiger partial charge in [0.15, 0.2) is 0 Å². The van der Waals surface area contributed by atoms with E-state index in [9.17, 15) is 10.1 Å². The van der Waals surface area contributed by atoms with Crippen LogP contribution in [0.5, 0.6) is 0 Å². The molecular formula is C31H28N4O3S. The normalized spacial score (nSPS) is 12.1. The van der Waals surface area contributed by atoms with Crippen molar-refractivity contribution < 1.29 is 9.66 Å². The monoisotopic (exact) mass is 536 g/mol. The van der Waals surface area contributed by atoms with Crippen molar-refractivity contribution in [2.24, 2.45) is 0 Å². The fourth-order valence-electron chi connectivity index (χ4n) is 5.00. The summed E-state index contributed by atoms with van der Waals surface area (Å²) in [5, 5.41) is 17.7. The third-order valence-corrected chi connectivity index (χ3v) is 8.14. The summed E-state index contributed by atoms with van der Waals surface area (Å²) in [5.41, 5.74) is 5.30. The van der Waals surface area contributed by atoms with Crippen LogP contribution in [0.1, 0.15) is 11.1 Å². The first-order valence-electron chi connectivity index (χ1n) is 13.0. The Morgan fingerprint density at radius 3 is 2.36 bits per heavy atom. The number of hydrogen-bond donors (Lipinski definition) is 0. The zero-order valence-electron chi connectivity index (χ0n) is 21.4. The summed E-state index contributed by atoms with van der Waals surface area (Å²) >= 11 is 1.46. The molecule has 0 bridgehead atoms. The van der Waals surface area contributed by atoms with Crippen molar-refractivity contribution in [2.75, 3.05) is 19.7 Å². The molecule has 196 valence electrons. The molecule has 0 spiro atoms. The van der Waals surface area contributed by atoms with Crippen molar-refractivity contribution in [1.29, 1.82) is 0 Å². The van der Waals surface area contributed by atoms with Crippen LogP contribution in [0.4, 0.5) is 5.69 Å². The Morgan fingerprint density at radius 1 is 0.872 bits per heavy atom. The largest absolute Gasteiger partial charge is 0.375 e. The van der Waals surface area contributed by atoms with E-state index in [2.05, 4.69) is 41.3 Å². The molecule has 4 aromatic carbocycles. The van der Waals surface area contributed by atoms with Crippen LogP contribution in [-0.2, 0) is 24.4 Å². The van der Waals surface area contributed by atoms with Crippen LogP contribution in [0.2, 0.25) is 0 Å². The van der Waals surface area contributed by atoms with Gasteiger partial charge in [-0.1, -0.05) is 90.6 Å². The maximum absolute atomic E-state index is 11.8. The Morgan fingerprint density at radius 2 is 1.59 bits per heavy atom. The first-order chi connectivity index (χ1) is 19.2. The minimum Gasteiger partial charge on any atom is -0.375 e. The maximum atomic E-state index is 11.8. The summed E-state index contributed by atoms with van der Waals surface area (Å²) in [6.07, 6.45) is 0. The molecule has 2 heterocycles. The van der Waals surface area contributed by atoms with E-state index < -0.39 is 0 Å². The quantitative estimate of drug-likeness (QED) is 0.103. The van der Waals surface area contributed by atoms with Gasteiger partial charge in [0.25, 0.3) is 5.69 Å². The Balaban J connectivity index is 1.24. The summed E-state index contributed by atoms with van der Waals surface area (Å²) < 4.78 is 8.00. The standard InChI is InChI=1S/C31H28N4O3S/c36-35(37)27-16-15-26-29-30(25-13-7-8-14-28(25)39-31(27)29)32-34(26)18-17-33(21-23-9-3-1-4-10-23)19-20-38-22-24-11-5-2-6-12-24/h1-16H,17-22H2. The molecule has 0 atom stereocenters. The Labute approximate surface area is 231 Å². The van der Waals surface area contributed by atoms with Crippen molar-refractivity contribution in [2.45, 2.75) is 29.5 Å². The lowest BCUT2D eigenvalue weighted by Gasteiger charge is -2.22. The number of aromatic nitrogens is 2. The lowest BCUT2D eigenvalue weighted by atomic mass is 10.1. The molecule has 1 aliphatic rings. The van der Waals surface area contributed by atoms with E-state index in [1.807, 2.05) is 59.3 Å². The van der Waals surface area contributed by atoms with E-state index in [1.165, 1.54) is 17.3 Å². The van der Waals surface area contributed by atoms with Gasteiger partial charge in [0.2, 0.25) is 0 Å².